The third-order valence-electron chi connectivity index (χ3n) is 2.60. The van der Waals surface area contributed by atoms with Gasteiger partial charge in [-0.3, -0.25) is 4.79 Å². The summed E-state index contributed by atoms with van der Waals surface area (Å²) < 4.78 is 12.9. The number of nitrogens with one attached hydrogen (secondary N) is 2. The van der Waals surface area contributed by atoms with Crippen molar-refractivity contribution >= 4 is 17.5 Å². The Morgan fingerprint density at radius 1 is 1.37 bits per heavy atom. The molecule has 106 valence electrons. The lowest BCUT2D eigenvalue weighted by atomic mass is 10.1. The van der Waals surface area contributed by atoms with E-state index in [-0.39, 0.29) is 23.8 Å². The lowest BCUT2D eigenvalue weighted by molar-refractivity contribution is -0.122. The quantitative estimate of drug-likeness (QED) is 0.844. The summed E-state index contributed by atoms with van der Waals surface area (Å²) in [6, 6.07) is 4.48. The third kappa shape index (κ3) is 6.03. The first kappa shape index (κ1) is 15.9. The second-order valence-electron chi connectivity index (χ2n) is 4.94. The molecule has 0 heterocycles. The molecule has 0 aromatic heterocycles. The van der Waals surface area contributed by atoms with E-state index in [1.807, 2.05) is 20.8 Å². The van der Waals surface area contributed by atoms with E-state index in [4.69, 9.17) is 11.6 Å². The van der Waals surface area contributed by atoms with Gasteiger partial charge in [0.1, 0.15) is 5.82 Å². The zero-order chi connectivity index (χ0) is 14.4. The highest BCUT2D eigenvalue weighted by atomic mass is 35.5. The van der Waals surface area contributed by atoms with E-state index in [0.717, 1.165) is 5.56 Å². The largest absolute Gasteiger partial charge is 0.354 e. The number of hydrogen-bond acceptors (Lipinski definition) is 2. The van der Waals surface area contributed by atoms with E-state index in [9.17, 15) is 9.18 Å². The highest BCUT2D eigenvalue weighted by Crippen LogP contribution is 2.17. The Kier molecular flexibility index (Phi) is 6.25. The Morgan fingerprint density at radius 2 is 2.05 bits per heavy atom. The molecular weight excluding hydrogens is 267 g/mol. The molecule has 1 amide bonds. The highest BCUT2D eigenvalue weighted by molar-refractivity contribution is 6.31. The predicted octanol–water partition coefficient (Wildman–Crippen LogP) is 2.87. The molecular formula is C14H20ClFN2O. The van der Waals surface area contributed by atoms with Crippen LogP contribution in [0.3, 0.4) is 0 Å². The molecule has 0 spiro atoms. The lowest BCUT2D eigenvalue weighted by Crippen LogP contribution is -2.36. The number of hydrogen-bond donors (Lipinski definition) is 2. The van der Waals surface area contributed by atoms with Gasteiger partial charge in [0.05, 0.1) is 0 Å². The molecule has 0 fully saturated rings. The molecule has 2 N–H and O–H groups in total. The highest BCUT2D eigenvalue weighted by Gasteiger charge is 2.10. The minimum atomic E-state index is -0.349. The van der Waals surface area contributed by atoms with Crippen molar-refractivity contribution in [1.29, 1.82) is 0 Å². The van der Waals surface area contributed by atoms with E-state index >= 15 is 0 Å². The standard InChI is InChI=1S/C14H20ClFN2O/c1-9(2)18-14(19)6-10(3)17-8-11-4-5-12(16)7-13(11)15/h4-5,7,9-10,17H,6,8H2,1-3H3,(H,18,19). The van der Waals surface area contributed by atoms with Crippen molar-refractivity contribution in [3.05, 3.63) is 34.6 Å². The molecule has 0 bridgehead atoms. The third-order valence-corrected chi connectivity index (χ3v) is 2.95. The first-order valence-electron chi connectivity index (χ1n) is 6.35. The van der Waals surface area contributed by atoms with Crippen LogP contribution >= 0.6 is 11.6 Å². The first-order chi connectivity index (χ1) is 8.88. The normalized spacial score (nSPS) is 12.5. The Bertz CT molecular complexity index is 437. The van der Waals surface area contributed by atoms with Crippen molar-refractivity contribution in [3.8, 4) is 0 Å². The average molecular weight is 287 g/mol. The predicted molar refractivity (Wildman–Crippen MR) is 75.6 cm³/mol. The van der Waals surface area contributed by atoms with Crippen LogP contribution in [0.2, 0.25) is 5.02 Å². The van der Waals surface area contributed by atoms with Crippen LogP contribution in [0, 0.1) is 5.82 Å². The molecule has 1 rings (SSSR count). The molecule has 0 saturated carbocycles. The maximum atomic E-state index is 12.9. The van der Waals surface area contributed by atoms with Gasteiger partial charge in [0, 0.05) is 30.1 Å². The minimum absolute atomic E-state index is 0.0141. The van der Waals surface area contributed by atoms with Crippen molar-refractivity contribution < 1.29 is 9.18 Å². The van der Waals surface area contributed by atoms with Crippen LogP contribution in [0.1, 0.15) is 32.8 Å². The van der Waals surface area contributed by atoms with E-state index < -0.39 is 0 Å². The number of carbonyl (C=O) groups is 1. The van der Waals surface area contributed by atoms with Crippen molar-refractivity contribution in [2.24, 2.45) is 0 Å². The number of benzene rings is 1. The molecule has 1 atom stereocenters. The van der Waals surface area contributed by atoms with E-state index in [0.29, 0.717) is 18.0 Å². The topological polar surface area (TPSA) is 41.1 Å². The summed E-state index contributed by atoms with van der Waals surface area (Å²) in [5.74, 6) is -0.335. The van der Waals surface area contributed by atoms with Gasteiger partial charge in [0.15, 0.2) is 0 Å². The van der Waals surface area contributed by atoms with Gasteiger partial charge >= 0.3 is 0 Å². The van der Waals surface area contributed by atoms with Crippen LogP contribution in [0.5, 0.6) is 0 Å². The molecule has 5 heteroatoms. The summed E-state index contributed by atoms with van der Waals surface area (Å²) in [5, 5.41) is 6.43. The van der Waals surface area contributed by atoms with E-state index in [2.05, 4.69) is 10.6 Å². The molecule has 3 nitrogen and oxygen atoms in total. The maximum Gasteiger partial charge on any atom is 0.221 e. The Balaban J connectivity index is 2.41. The summed E-state index contributed by atoms with van der Waals surface area (Å²) in [4.78, 5) is 11.6. The van der Waals surface area contributed by atoms with Crippen molar-refractivity contribution in [2.75, 3.05) is 0 Å². The van der Waals surface area contributed by atoms with Gasteiger partial charge in [0.25, 0.3) is 0 Å². The summed E-state index contributed by atoms with van der Waals surface area (Å²) in [5.41, 5.74) is 0.819. The molecule has 0 aliphatic heterocycles. The lowest BCUT2D eigenvalue weighted by Gasteiger charge is -2.15. The zero-order valence-electron chi connectivity index (χ0n) is 11.5. The van der Waals surface area contributed by atoms with Gasteiger partial charge in [-0.05, 0) is 38.5 Å². The Labute approximate surface area is 118 Å². The molecule has 1 aromatic rings. The average Bonchev–Trinajstić information content (AvgIpc) is 2.26. The van der Waals surface area contributed by atoms with Crippen LogP contribution in [0.4, 0.5) is 4.39 Å². The van der Waals surface area contributed by atoms with Gasteiger partial charge in [0.2, 0.25) is 5.91 Å². The summed E-state index contributed by atoms with van der Waals surface area (Å²) in [6.07, 6.45) is 0.400. The van der Waals surface area contributed by atoms with Crippen LogP contribution in [0.25, 0.3) is 0 Å². The first-order valence-corrected chi connectivity index (χ1v) is 6.73. The second-order valence-corrected chi connectivity index (χ2v) is 5.35. The van der Waals surface area contributed by atoms with Gasteiger partial charge in [-0.1, -0.05) is 17.7 Å². The number of rotatable bonds is 6. The summed E-state index contributed by atoms with van der Waals surface area (Å²) >= 11 is 5.93. The van der Waals surface area contributed by atoms with Crippen LogP contribution in [-0.4, -0.2) is 18.0 Å². The van der Waals surface area contributed by atoms with Crippen molar-refractivity contribution in [2.45, 2.75) is 45.8 Å². The SMILES string of the molecule is CC(C)NC(=O)CC(C)NCc1ccc(F)cc1Cl. The molecule has 1 unspecified atom stereocenters. The van der Waals surface area contributed by atoms with Crippen molar-refractivity contribution in [3.63, 3.8) is 0 Å². The van der Waals surface area contributed by atoms with E-state index in [1.165, 1.54) is 12.1 Å². The van der Waals surface area contributed by atoms with Gasteiger partial charge in [-0.2, -0.15) is 0 Å². The summed E-state index contributed by atoms with van der Waals surface area (Å²) in [6.45, 7) is 6.29. The zero-order valence-corrected chi connectivity index (χ0v) is 12.2. The molecule has 1 aromatic carbocycles. The number of carbonyl (C=O) groups excluding carboxylic acids is 1. The number of amides is 1. The number of halogens is 2. The fraction of sp³-hybridized carbons (Fsp3) is 0.500. The Morgan fingerprint density at radius 3 is 2.63 bits per heavy atom. The fourth-order valence-corrected chi connectivity index (χ4v) is 1.91. The fourth-order valence-electron chi connectivity index (χ4n) is 1.68. The van der Waals surface area contributed by atoms with Crippen LogP contribution in [0.15, 0.2) is 18.2 Å². The van der Waals surface area contributed by atoms with Crippen molar-refractivity contribution in [1.82, 2.24) is 10.6 Å². The minimum Gasteiger partial charge on any atom is -0.354 e. The maximum absolute atomic E-state index is 12.9. The van der Waals surface area contributed by atoms with Gasteiger partial charge in [-0.15, -0.1) is 0 Å². The molecule has 0 aliphatic rings. The van der Waals surface area contributed by atoms with Gasteiger partial charge < -0.3 is 10.6 Å². The molecule has 0 aliphatic carbocycles. The molecule has 19 heavy (non-hydrogen) atoms. The van der Waals surface area contributed by atoms with Gasteiger partial charge in [-0.25, -0.2) is 4.39 Å². The van der Waals surface area contributed by atoms with Crippen LogP contribution < -0.4 is 10.6 Å². The van der Waals surface area contributed by atoms with Crippen LogP contribution in [-0.2, 0) is 11.3 Å². The second kappa shape index (κ2) is 7.46. The Hall–Kier alpha value is -1.13. The smallest absolute Gasteiger partial charge is 0.221 e. The molecule has 0 saturated heterocycles. The van der Waals surface area contributed by atoms with E-state index in [1.54, 1.807) is 6.07 Å². The summed E-state index contributed by atoms with van der Waals surface area (Å²) in [7, 11) is 0. The monoisotopic (exact) mass is 286 g/mol. The molecule has 0 radical (unpaired) electrons.